The summed E-state index contributed by atoms with van der Waals surface area (Å²) in [6.45, 7) is 0.170. The van der Waals surface area contributed by atoms with Crippen molar-refractivity contribution in [1.29, 1.82) is 0 Å². The Labute approximate surface area is 127 Å². The molecule has 1 aliphatic rings. The Morgan fingerprint density at radius 1 is 1.19 bits per heavy atom. The molecule has 1 aromatic carbocycles. The van der Waals surface area contributed by atoms with E-state index in [1.165, 1.54) is 37.7 Å². The van der Waals surface area contributed by atoms with E-state index in [2.05, 4.69) is 16.9 Å². The summed E-state index contributed by atoms with van der Waals surface area (Å²) in [7, 11) is -3.22. The van der Waals surface area contributed by atoms with Gasteiger partial charge in [0.25, 0.3) is 0 Å². The predicted octanol–water partition coefficient (Wildman–Crippen LogP) is 2.36. The fourth-order valence-electron chi connectivity index (χ4n) is 3.02. The van der Waals surface area contributed by atoms with E-state index in [-0.39, 0.29) is 19.1 Å². The highest BCUT2D eigenvalue weighted by Gasteiger charge is 2.17. The minimum absolute atomic E-state index is 0.0642. The normalized spacial score (nSPS) is 18.6. The van der Waals surface area contributed by atoms with Crippen molar-refractivity contribution in [2.75, 3.05) is 19.4 Å². The third kappa shape index (κ3) is 5.09. The summed E-state index contributed by atoms with van der Waals surface area (Å²) in [5.74, 6) is 0.467. The highest BCUT2D eigenvalue weighted by atomic mass is 32.2. The first-order valence-corrected chi connectivity index (χ1v) is 9.54. The third-order valence-corrected chi connectivity index (χ3v) is 4.99. The van der Waals surface area contributed by atoms with E-state index >= 15 is 0 Å². The van der Waals surface area contributed by atoms with Gasteiger partial charge in [-0.15, -0.1) is 0 Å². The van der Waals surface area contributed by atoms with Crippen LogP contribution in [0.5, 0.6) is 0 Å². The van der Waals surface area contributed by atoms with Crippen LogP contribution in [0.25, 0.3) is 0 Å². The fourth-order valence-corrected chi connectivity index (χ4v) is 3.52. The average Bonchev–Trinajstić information content (AvgIpc) is 2.48. The summed E-state index contributed by atoms with van der Waals surface area (Å²) in [5, 5.41) is 9.46. The highest BCUT2D eigenvalue weighted by Crippen LogP contribution is 2.33. The average molecular weight is 311 g/mol. The zero-order valence-electron chi connectivity index (χ0n) is 12.6. The van der Waals surface area contributed by atoms with E-state index in [0.717, 1.165) is 11.8 Å². The zero-order valence-corrected chi connectivity index (χ0v) is 13.4. The predicted molar refractivity (Wildman–Crippen MR) is 84.9 cm³/mol. The number of hydrogen-bond donors (Lipinski definition) is 2. The van der Waals surface area contributed by atoms with Gasteiger partial charge in [-0.25, -0.2) is 13.1 Å². The van der Waals surface area contributed by atoms with Crippen LogP contribution in [0.1, 0.15) is 55.1 Å². The summed E-state index contributed by atoms with van der Waals surface area (Å²) in [6, 6.07) is 8.31. The molecule has 1 saturated carbocycles. The molecule has 4 nitrogen and oxygen atoms in total. The molecular weight excluding hydrogens is 286 g/mol. The van der Waals surface area contributed by atoms with Gasteiger partial charge in [0.2, 0.25) is 10.0 Å². The van der Waals surface area contributed by atoms with Crippen LogP contribution < -0.4 is 4.72 Å². The SMILES string of the molecule is CS(=O)(=O)NCC(CO)c1ccc(C2CCCCC2)cc1. The third-order valence-electron chi connectivity index (χ3n) is 4.30. The molecule has 2 N–H and O–H groups in total. The Morgan fingerprint density at radius 3 is 2.33 bits per heavy atom. The van der Waals surface area contributed by atoms with Crippen molar-refractivity contribution in [3.8, 4) is 0 Å². The lowest BCUT2D eigenvalue weighted by Crippen LogP contribution is -2.28. The Hall–Kier alpha value is -0.910. The van der Waals surface area contributed by atoms with Crippen molar-refractivity contribution in [2.45, 2.75) is 43.9 Å². The molecule has 1 aliphatic carbocycles. The van der Waals surface area contributed by atoms with Crippen LogP contribution in [0.15, 0.2) is 24.3 Å². The van der Waals surface area contributed by atoms with E-state index in [1.807, 2.05) is 12.1 Å². The van der Waals surface area contributed by atoms with E-state index in [4.69, 9.17) is 0 Å². The topological polar surface area (TPSA) is 66.4 Å². The Morgan fingerprint density at radius 2 is 1.81 bits per heavy atom. The van der Waals surface area contributed by atoms with Crippen LogP contribution in [0.3, 0.4) is 0 Å². The molecule has 21 heavy (non-hydrogen) atoms. The van der Waals surface area contributed by atoms with Gasteiger partial charge in [-0.2, -0.15) is 0 Å². The maximum atomic E-state index is 11.2. The van der Waals surface area contributed by atoms with Crippen LogP contribution in [0, 0.1) is 0 Å². The van der Waals surface area contributed by atoms with Crippen LogP contribution in [-0.2, 0) is 10.0 Å². The molecule has 1 aromatic rings. The van der Waals surface area contributed by atoms with E-state index in [1.54, 1.807) is 0 Å². The van der Waals surface area contributed by atoms with Gasteiger partial charge in [0, 0.05) is 12.5 Å². The largest absolute Gasteiger partial charge is 0.396 e. The lowest BCUT2D eigenvalue weighted by atomic mass is 9.83. The van der Waals surface area contributed by atoms with Gasteiger partial charge in [-0.1, -0.05) is 43.5 Å². The van der Waals surface area contributed by atoms with Crippen LogP contribution in [-0.4, -0.2) is 32.9 Å². The highest BCUT2D eigenvalue weighted by molar-refractivity contribution is 7.88. The van der Waals surface area contributed by atoms with Crippen molar-refractivity contribution in [1.82, 2.24) is 4.72 Å². The molecule has 1 fully saturated rings. The Balaban J connectivity index is 2.02. The van der Waals surface area contributed by atoms with Gasteiger partial charge in [-0.3, -0.25) is 0 Å². The lowest BCUT2D eigenvalue weighted by molar-refractivity contribution is 0.265. The van der Waals surface area contributed by atoms with E-state index in [9.17, 15) is 13.5 Å². The summed E-state index contributed by atoms with van der Waals surface area (Å²) >= 11 is 0. The number of rotatable bonds is 6. The first-order chi connectivity index (χ1) is 9.99. The minimum atomic E-state index is -3.22. The Kier molecular flexibility index (Phi) is 5.79. The minimum Gasteiger partial charge on any atom is -0.396 e. The molecule has 1 atom stereocenters. The van der Waals surface area contributed by atoms with Gasteiger partial charge in [0.15, 0.2) is 0 Å². The number of sulfonamides is 1. The Bertz CT molecular complexity index is 533. The second-order valence-electron chi connectivity index (χ2n) is 6.00. The van der Waals surface area contributed by atoms with E-state index in [0.29, 0.717) is 5.92 Å². The monoisotopic (exact) mass is 311 g/mol. The molecule has 2 rings (SSSR count). The van der Waals surface area contributed by atoms with Gasteiger partial charge in [0.05, 0.1) is 12.9 Å². The number of benzene rings is 1. The van der Waals surface area contributed by atoms with Crippen molar-refractivity contribution in [3.63, 3.8) is 0 Å². The number of aliphatic hydroxyl groups is 1. The van der Waals surface area contributed by atoms with E-state index < -0.39 is 10.0 Å². The van der Waals surface area contributed by atoms with Crippen molar-refractivity contribution in [2.24, 2.45) is 0 Å². The molecule has 0 aliphatic heterocycles. The van der Waals surface area contributed by atoms with Crippen molar-refractivity contribution in [3.05, 3.63) is 35.4 Å². The van der Waals surface area contributed by atoms with Crippen molar-refractivity contribution < 1.29 is 13.5 Å². The number of hydrogen-bond acceptors (Lipinski definition) is 3. The second-order valence-corrected chi connectivity index (χ2v) is 7.83. The summed E-state index contributed by atoms with van der Waals surface area (Å²) in [4.78, 5) is 0. The molecule has 0 spiro atoms. The molecule has 0 amide bonds. The number of aliphatic hydroxyl groups excluding tert-OH is 1. The summed E-state index contributed by atoms with van der Waals surface area (Å²) in [5.41, 5.74) is 2.35. The molecule has 0 radical (unpaired) electrons. The molecule has 118 valence electrons. The quantitative estimate of drug-likeness (QED) is 0.847. The molecule has 0 bridgehead atoms. The first-order valence-electron chi connectivity index (χ1n) is 7.65. The second kappa shape index (κ2) is 7.38. The van der Waals surface area contributed by atoms with Gasteiger partial charge in [-0.05, 0) is 29.9 Å². The van der Waals surface area contributed by atoms with Gasteiger partial charge in [0.1, 0.15) is 0 Å². The molecule has 0 saturated heterocycles. The maximum Gasteiger partial charge on any atom is 0.208 e. The molecule has 0 aromatic heterocycles. The van der Waals surface area contributed by atoms with Crippen LogP contribution in [0.4, 0.5) is 0 Å². The zero-order chi connectivity index (χ0) is 15.3. The number of nitrogens with one attached hydrogen (secondary N) is 1. The van der Waals surface area contributed by atoms with Crippen LogP contribution >= 0.6 is 0 Å². The molecule has 5 heteroatoms. The fraction of sp³-hybridized carbons (Fsp3) is 0.625. The van der Waals surface area contributed by atoms with Gasteiger partial charge < -0.3 is 5.11 Å². The van der Waals surface area contributed by atoms with Crippen LogP contribution in [0.2, 0.25) is 0 Å². The maximum absolute atomic E-state index is 11.2. The molecule has 1 unspecified atom stereocenters. The van der Waals surface area contributed by atoms with Gasteiger partial charge >= 0.3 is 0 Å². The van der Waals surface area contributed by atoms with Crippen molar-refractivity contribution >= 4 is 10.0 Å². The summed E-state index contributed by atoms with van der Waals surface area (Å²) in [6.07, 6.45) is 7.62. The first kappa shape index (κ1) is 16.5. The molecular formula is C16H25NO3S. The smallest absolute Gasteiger partial charge is 0.208 e. The molecule has 0 heterocycles. The lowest BCUT2D eigenvalue weighted by Gasteiger charge is -2.23. The summed E-state index contributed by atoms with van der Waals surface area (Å²) < 4.78 is 24.8. The standard InChI is InChI=1S/C16H25NO3S/c1-21(19,20)17-11-16(12-18)15-9-7-14(8-10-15)13-5-3-2-4-6-13/h7-10,13,16-18H,2-6,11-12H2,1H3.